The summed E-state index contributed by atoms with van der Waals surface area (Å²) in [5.74, 6) is -0.471. The van der Waals surface area contributed by atoms with Gasteiger partial charge in [0.1, 0.15) is 6.04 Å². The minimum absolute atomic E-state index is 0.00914. The van der Waals surface area contributed by atoms with Crippen LogP contribution < -0.4 is 21.1 Å². The molecular weight excluding hydrogens is 350 g/mol. The fourth-order valence-corrected chi connectivity index (χ4v) is 4.49. The molecule has 1 aliphatic carbocycles. The zero-order valence-electron chi connectivity index (χ0n) is 14.7. The number of nitrogens with two attached hydrogens (primary N) is 1. The van der Waals surface area contributed by atoms with Crippen LogP contribution in [-0.2, 0) is 14.4 Å². The Hall–Kier alpha value is -2.68. The summed E-state index contributed by atoms with van der Waals surface area (Å²) in [5, 5.41) is 5.99. The molecule has 3 aliphatic heterocycles. The van der Waals surface area contributed by atoms with Crippen LogP contribution in [0, 0.1) is 5.41 Å². The fraction of sp³-hybridized carbons (Fsp3) is 0.556. The topological polar surface area (TPSA) is 127 Å². The average molecular weight is 371 g/mol. The van der Waals surface area contributed by atoms with E-state index in [9.17, 15) is 14.4 Å². The second-order valence-corrected chi connectivity index (χ2v) is 8.13. The van der Waals surface area contributed by atoms with Crippen molar-refractivity contribution < 1.29 is 19.1 Å². The standard InChI is InChI=1S/C18H21N5O4/c19-13(24)11-7-18(16(26)22-14-12(27-18)2-1-5-20-14)9-23(11)15(25)10-6-17(3-4-17)8-21-10/h1-2,5,10-11,21H,3-4,6-9H2,(H2,19,24)(H,20,22,26)/t10-,11-,18+/m0/s1. The van der Waals surface area contributed by atoms with Gasteiger partial charge in [-0.25, -0.2) is 4.98 Å². The minimum atomic E-state index is -1.33. The van der Waals surface area contributed by atoms with Crippen LogP contribution in [0.3, 0.4) is 0 Å². The predicted molar refractivity (Wildman–Crippen MR) is 93.6 cm³/mol. The van der Waals surface area contributed by atoms with E-state index in [4.69, 9.17) is 10.5 Å². The van der Waals surface area contributed by atoms with E-state index in [1.807, 2.05) is 0 Å². The highest BCUT2D eigenvalue weighted by molar-refractivity contribution is 6.02. The predicted octanol–water partition coefficient (Wildman–Crippen LogP) is -0.620. The molecule has 4 heterocycles. The molecule has 2 spiro atoms. The van der Waals surface area contributed by atoms with Gasteiger partial charge in [-0.2, -0.15) is 0 Å². The molecule has 0 radical (unpaired) electrons. The molecule has 0 unspecified atom stereocenters. The lowest BCUT2D eigenvalue weighted by molar-refractivity contribution is -0.139. The summed E-state index contributed by atoms with van der Waals surface area (Å²) in [5.41, 5.74) is 4.47. The first-order valence-corrected chi connectivity index (χ1v) is 9.20. The van der Waals surface area contributed by atoms with E-state index >= 15 is 0 Å². The maximum atomic E-state index is 13.1. The molecule has 2 saturated heterocycles. The second kappa shape index (κ2) is 5.41. The number of pyridine rings is 1. The summed E-state index contributed by atoms with van der Waals surface area (Å²) in [4.78, 5) is 43.4. The van der Waals surface area contributed by atoms with Crippen LogP contribution in [0.1, 0.15) is 25.7 Å². The van der Waals surface area contributed by atoms with Crippen LogP contribution in [0.2, 0.25) is 0 Å². The molecule has 3 fully saturated rings. The monoisotopic (exact) mass is 371 g/mol. The van der Waals surface area contributed by atoms with Gasteiger partial charge in [0.25, 0.3) is 5.91 Å². The third-order valence-electron chi connectivity index (χ3n) is 6.27. The SMILES string of the molecule is NC(=O)[C@@H]1C[C@]2(CN1C(=O)[C@@H]1CC3(CC3)CN1)Oc1cccnc1NC2=O. The molecule has 0 aromatic carbocycles. The van der Waals surface area contributed by atoms with E-state index in [0.29, 0.717) is 11.6 Å². The van der Waals surface area contributed by atoms with Crippen molar-refractivity contribution in [3.05, 3.63) is 18.3 Å². The molecule has 1 aromatic rings. The number of fused-ring (bicyclic) bond motifs is 1. The third-order valence-corrected chi connectivity index (χ3v) is 6.27. The number of hydrogen-bond acceptors (Lipinski definition) is 6. The number of nitrogens with zero attached hydrogens (tertiary/aromatic N) is 2. The number of nitrogens with one attached hydrogen (secondary N) is 2. The van der Waals surface area contributed by atoms with Crippen LogP contribution in [0.4, 0.5) is 5.82 Å². The molecule has 4 N–H and O–H groups in total. The van der Waals surface area contributed by atoms with Crippen LogP contribution in [0.5, 0.6) is 5.75 Å². The Balaban J connectivity index is 1.42. The molecular formula is C18H21N5O4. The largest absolute Gasteiger partial charge is 0.472 e. The summed E-state index contributed by atoms with van der Waals surface area (Å²) >= 11 is 0. The smallest absolute Gasteiger partial charge is 0.271 e. The summed E-state index contributed by atoms with van der Waals surface area (Å²) in [6.07, 6.45) is 4.61. The normalized spacial score (nSPS) is 32.9. The Kier molecular flexibility index (Phi) is 3.31. The molecule has 1 aromatic heterocycles. The van der Waals surface area contributed by atoms with Crippen molar-refractivity contribution in [3.63, 3.8) is 0 Å². The zero-order valence-corrected chi connectivity index (χ0v) is 14.7. The van der Waals surface area contributed by atoms with Crippen molar-refractivity contribution >= 4 is 23.5 Å². The van der Waals surface area contributed by atoms with E-state index in [1.54, 1.807) is 18.3 Å². The van der Waals surface area contributed by atoms with Gasteiger partial charge >= 0.3 is 0 Å². The second-order valence-electron chi connectivity index (χ2n) is 8.13. The number of ether oxygens (including phenoxy) is 1. The van der Waals surface area contributed by atoms with E-state index in [-0.39, 0.29) is 30.3 Å². The number of primary amides is 1. The molecule has 27 heavy (non-hydrogen) atoms. The number of aromatic nitrogens is 1. The number of likely N-dealkylation sites (tertiary alicyclic amines) is 1. The molecule has 1 saturated carbocycles. The summed E-state index contributed by atoms with van der Waals surface area (Å²) in [6, 6.07) is 2.18. The van der Waals surface area contributed by atoms with Gasteiger partial charge in [-0.1, -0.05) is 0 Å². The first-order valence-electron chi connectivity index (χ1n) is 9.20. The molecule has 5 rings (SSSR count). The highest BCUT2D eigenvalue weighted by Gasteiger charge is 2.58. The number of carbonyl (C=O) groups excluding carboxylic acids is 3. The van der Waals surface area contributed by atoms with Gasteiger partial charge in [-0.15, -0.1) is 0 Å². The maximum Gasteiger partial charge on any atom is 0.271 e. The van der Waals surface area contributed by atoms with Crippen LogP contribution >= 0.6 is 0 Å². The quantitative estimate of drug-likeness (QED) is 0.636. The number of rotatable bonds is 2. The lowest BCUT2D eigenvalue weighted by Gasteiger charge is -2.33. The van der Waals surface area contributed by atoms with E-state index in [0.717, 1.165) is 25.8 Å². The van der Waals surface area contributed by atoms with Gasteiger partial charge in [0.2, 0.25) is 17.4 Å². The first kappa shape index (κ1) is 16.5. The Bertz CT molecular complexity index is 854. The van der Waals surface area contributed by atoms with Crippen molar-refractivity contribution in [1.82, 2.24) is 15.2 Å². The number of amides is 3. The van der Waals surface area contributed by atoms with Crippen molar-refractivity contribution in [3.8, 4) is 5.75 Å². The van der Waals surface area contributed by atoms with Crippen molar-refractivity contribution in [2.24, 2.45) is 11.1 Å². The lowest BCUT2D eigenvalue weighted by atomic mass is 9.97. The number of hydrogen-bond donors (Lipinski definition) is 3. The molecule has 9 nitrogen and oxygen atoms in total. The summed E-state index contributed by atoms with van der Waals surface area (Å²) in [7, 11) is 0. The Morgan fingerprint density at radius 2 is 2.15 bits per heavy atom. The van der Waals surface area contributed by atoms with E-state index in [1.165, 1.54) is 4.90 Å². The molecule has 142 valence electrons. The van der Waals surface area contributed by atoms with Crippen molar-refractivity contribution in [2.45, 2.75) is 43.4 Å². The maximum absolute atomic E-state index is 13.1. The van der Waals surface area contributed by atoms with Crippen molar-refractivity contribution in [2.75, 3.05) is 18.4 Å². The zero-order chi connectivity index (χ0) is 18.8. The molecule has 3 atom stereocenters. The molecule has 4 aliphatic rings. The van der Waals surface area contributed by atoms with Gasteiger partial charge in [0.05, 0.1) is 12.6 Å². The minimum Gasteiger partial charge on any atom is -0.472 e. The third kappa shape index (κ3) is 2.48. The number of anilines is 1. The Morgan fingerprint density at radius 3 is 2.85 bits per heavy atom. The molecule has 3 amide bonds. The van der Waals surface area contributed by atoms with Crippen LogP contribution in [-0.4, -0.2) is 58.4 Å². The van der Waals surface area contributed by atoms with Crippen molar-refractivity contribution in [1.29, 1.82) is 0 Å². The Labute approximate surface area is 155 Å². The number of carbonyl (C=O) groups is 3. The fourth-order valence-electron chi connectivity index (χ4n) is 4.49. The van der Waals surface area contributed by atoms with Crippen LogP contribution in [0.25, 0.3) is 0 Å². The van der Waals surface area contributed by atoms with Gasteiger partial charge in [-0.3, -0.25) is 14.4 Å². The van der Waals surface area contributed by atoms with Gasteiger partial charge < -0.3 is 26.0 Å². The molecule has 0 bridgehead atoms. The summed E-state index contributed by atoms with van der Waals surface area (Å²) in [6.45, 7) is 0.810. The van der Waals surface area contributed by atoms with Gasteiger partial charge in [0, 0.05) is 19.2 Å². The van der Waals surface area contributed by atoms with E-state index in [2.05, 4.69) is 15.6 Å². The summed E-state index contributed by atoms with van der Waals surface area (Å²) < 4.78 is 5.97. The lowest BCUT2D eigenvalue weighted by Crippen LogP contribution is -2.54. The average Bonchev–Trinajstić information content (AvgIpc) is 3.10. The van der Waals surface area contributed by atoms with E-state index < -0.39 is 23.5 Å². The first-order chi connectivity index (χ1) is 12.9. The molecule has 9 heteroatoms. The highest BCUT2D eigenvalue weighted by atomic mass is 16.5. The van der Waals surface area contributed by atoms with Gasteiger partial charge in [0.15, 0.2) is 11.6 Å². The Morgan fingerprint density at radius 1 is 1.33 bits per heavy atom. The van der Waals surface area contributed by atoms with Gasteiger partial charge in [-0.05, 0) is 36.8 Å². The highest BCUT2D eigenvalue weighted by Crippen LogP contribution is 2.52. The van der Waals surface area contributed by atoms with Crippen LogP contribution in [0.15, 0.2) is 18.3 Å².